The molecule has 9 heteroatoms. The number of carbonyl (C=O) groups excluding carboxylic acids is 1. The number of nitrogens with zero attached hydrogens (tertiary/aromatic N) is 1. The van der Waals surface area contributed by atoms with Gasteiger partial charge in [-0.15, -0.1) is 0 Å². The van der Waals surface area contributed by atoms with Crippen LogP contribution in [0, 0.1) is 17.0 Å². The van der Waals surface area contributed by atoms with Gasteiger partial charge in [0.1, 0.15) is 22.6 Å². The van der Waals surface area contributed by atoms with Gasteiger partial charge in [-0.1, -0.05) is 18.2 Å². The van der Waals surface area contributed by atoms with Crippen LogP contribution in [0.1, 0.15) is 19.3 Å². The van der Waals surface area contributed by atoms with Gasteiger partial charge in [0.15, 0.2) is 0 Å². The molecular formula is C19H17BrF2N2O3S. The maximum atomic E-state index is 14.3. The highest BCUT2D eigenvalue weighted by Gasteiger charge is 2.57. The molecular weight excluding hydrogens is 454 g/mol. The molecule has 0 bridgehead atoms. The molecule has 1 atom stereocenters. The average molecular weight is 471 g/mol. The van der Waals surface area contributed by atoms with Crippen LogP contribution in [0.3, 0.4) is 0 Å². The predicted octanol–water partition coefficient (Wildman–Crippen LogP) is 3.91. The summed E-state index contributed by atoms with van der Waals surface area (Å²) < 4.78 is 55.1. The Morgan fingerprint density at radius 3 is 2.46 bits per heavy atom. The zero-order chi connectivity index (χ0) is 20.1. The lowest BCUT2D eigenvalue weighted by Gasteiger charge is -2.23. The first-order valence-corrected chi connectivity index (χ1v) is 11.0. The normalized spacial score (nSPS) is 21.0. The number of benzene rings is 2. The summed E-state index contributed by atoms with van der Waals surface area (Å²) in [7, 11) is -4.33. The lowest BCUT2D eigenvalue weighted by atomic mass is 10.0. The van der Waals surface area contributed by atoms with Crippen molar-refractivity contribution in [2.45, 2.75) is 30.2 Å². The van der Waals surface area contributed by atoms with E-state index in [1.807, 2.05) is 0 Å². The molecule has 148 valence electrons. The average Bonchev–Trinajstić information content (AvgIpc) is 3.28. The summed E-state index contributed by atoms with van der Waals surface area (Å²) >= 11 is 2.90. The standard InChI is InChI=1S/C19H17BrF2N2O3S/c20-13-8-17(15(22)9-14(13)21)28(26,27)24-11-19(6-7-19)10-16(24)18(25)23-12-4-2-1-3-5-12/h1-5,8-9,16H,6-7,10-11H2,(H,23,25). The van der Waals surface area contributed by atoms with Gasteiger partial charge in [0.25, 0.3) is 0 Å². The lowest BCUT2D eigenvalue weighted by molar-refractivity contribution is -0.119. The van der Waals surface area contributed by atoms with Crippen LogP contribution in [0.2, 0.25) is 0 Å². The third kappa shape index (κ3) is 3.46. The Hall–Kier alpha value is -1.84. The van der Waals surface area contributed by atoms with Crippen molar-refractivity contribution in [1.82, 2.24) is 4.31 Å². The quantitative estimate of drug-likeness (QED) is 0.688. The van der Waals surface area contributed by atoms with E-state index in [2.05, 4.69) is 21.2 Å². The van der Waals surface area contributed by atoms with Gasteiger partial charge >= 0.3 is 0 Å². The van der Waals surface area contributed by atoms with Crippen molar-refractivity contribution >= 4 is 37.5 Å². The summed E-state index contributed by atoms with van der Waals surface area (Å²) in [6.07, 6.45) is 2.03. The second kappa shape index (κ2) is 6.89. The Morgan fingerprint density at radius 1 is 1.14 bits per heavy atom. The van der Waals surface area contributed by atoms with Crippen LogP contribution in [0.25, 0.3) is 0 Å². The highest BCUT2D eigenvalue weighted by Crippen LogP contribution is 2.56. The van der Waals surface area contributed by atoms with Crippen LogP contribution in [-0.4, -0.2) is 31.2 Å². The van der Waals surface area contributed by atoms with Crippen LogP contribution in [0.15, 0.2) is 51.8 Å². The zero-order valence-electron chi connectivity index (χ0n) is 14.7. The molecule has 28 heavy (non-hydrogen) atoms. The van der Waals surface area contributed by atoms with E-state index in [0.717, 1.165) is 23.2 Å². The number of hydrogen-bond acceptors (Lipinski definition) is 3. The van der Waals surface area contributed by atoms with Crippen LogP contribution < -0.4 is 5.32 Å². The number of sulfonamides is 1. The first-order chi connectivity index (χ1) is 13.2. The number of nitrogens with one attached hydrogen (secondary N) is 1. The third-order valence-electron chi connectivity index (χ3n) is 5.33. The Labute approximate surface area is 169 Å². The number of carbonyl (C=O) groups is 1. The summed E-state index contributed by atoms with van der Waals surface area (Å²) in [6, 6.07) is 9.21. The summed E-state index contributed by atoms with van der Waals surface area (Å²) in [5.41, 5.74) is 0.316. The smallest absolute Gasteiger partial charge is 0.246 e. The van der Waals surface area contributed by atoms with Gasteiger partial charge < -0.3 is 5.32 Å². The van der Waals surface area contributed by atoms with E-state index in [9.17, 15) is 22.0 Å². The van der Waals surface area contributed by atoms with E-state index in [1.165, 1.54) is 0 Å². The van der Waals surface area contributed by atoms with Gasteiger partial charge in [-0.25, -0.2) is 17.2 Å². The van der Waals surface area contributed by atoms with Gasteiger partial charge in [-0.3, -0.25) is 4.79 Å². The number of amides is 1. The number of para-hydroxylation sites is 1. The van der Waals surface area contributed by atoms with Crippen LogP contribution in [-0.2, 0) is 14.8 Å². The molecule has 1 saturated carbocycles. The van der Waals surface area contributed by atoms with E-state index in [-0.39, 0.29) is 16.4 Å². The van der Waals surface area contributed by atoms with Crippen molar-refractivity contribution in [1.29, 1.82) is 0 Å². The summed E-state index contributed by atoms with van der Waals surface area (Å²) in [6.45, 7) is 0.149. The lowest BCUT2D eigenvalue weighted by Crippen LogP contribution is -2.43. The highest BCUT2D eigenvalue weighted by molar-refractivity contribution is 9.10. The topological polar surface area (TPSA) is 66.5 Å². The molecule has 2 fully saturated rings. The van der Waals surface area contributed by atoms with Gasteiger partial charge in [-0.05, 0) is 58.8 Å². The summed E-state index contributed by atoms with van der Waals surface area (Å²) in [4.78, 5) is 12.2. The van der Waals surface area contributed by atoms with Crippen LogP contribution in [0.4, 0.5) is 14.5 Å². The Bertz CT molecular complexity index is 1040. The molecule has 1 spiro atoms. The number of hydrogen-bond donors (Lipinski definition) is 1. The molecule has 1 aliphatic carbocycles. The molecule has 1 N–H and O–H groups in total. The summed E-state index contributed by atoms with van der Waals surface area (Å²) in [5.74, 6) is -2.53. The number of rotatable bonds is 4. The molecule has 1 saturated heterocycles. The number of halogens is 3. The second-order valence-corrected chi connectivity index (χ2v) is 10.0. The maximum Gasteiger partial charge on any atom is 0.246 e. The molecule has 1 heterocycles. The minimum Gasteiger partial charge on any atom is -0.325 e. The molecule has 1 amide bonds. The largest absolute Gasteiger partial charge is 0.325 e. The predicted molar refractivity (Wildman–Crippen MR) is 103 cm³/mol. The molecule has 2 aromatic carbocycles. The maximum absolute atomic E-state index is 14.3. The van der Waals surface area contributed by atoms with E-state index in [4.69, 9.17) is 0 Å². The first kappa shape index (κ1) is 19.5. The third-order valence-corrected chi connectivity index (χ3v) is 7.81. The molecule has 2 aliphatic rings. The van der Waals surface area contributed by atoms with Crippen LogP contribution >= 0.6 is 15.9 Å². The fourth-order valence-electron chi connectivity index (χ4n) is 3.61. The minimum atomic E-state index is -4.33. The van der Waals surface area contributed by atoms with Gasteiger partial charge in [0.05, 0.1) is 4.47 Å². The van der Waals surface area contributed by atoms with E-state index in [0.29, 0.717) is 18.2 Å². The van der Waals surface area contributed by atoms with Crippen molar-refractivity contribution in [3.8, 4) is 0 Å². The molecule has 0 radical (unpaired) electrons. The number of anilines is 1. The molecule has 5 nitrogen and oxygen atoms in total. The SMILES string of the molecule is O=C(Nc1ccccc1)C1CC2(CC2)CN1S(=O)(=O)c1cc(Br)c(F)cc1F. The molecule has 1 unspecified atom stereocenters. The Balaban J connectivity index is 1.68. The van der Waals surface area contributed by atoms with E-state index in [1.54, 1.807) is 30.3 Å². The fraction of sp³-hybridized carbons (Fsp3) is 0.316. The van der Waals surface area contributed by atoms with Crippen molar-refractivity contribution in [3.63, 3.8) is 0 Å². The van der Waals surface area contributed by atoms with E-state index >= 15 is 0 Å². The second-order valence-electron chi connectivity index (χ2n) is 7.32. The molecule has 4 rings (SSSR count). The van der Waals surface area contributed by atoms with Crippen LogP contribution in [0.5, 0.6) is 0 Å². The van der Waals surface area contributed by atoms with Crippen molar-refractivity contribution in [3.05, 3.63) is 58.6 Å². The molecule has 0 aromatic heterocycles. The van der Waals surface area contributed by atoms with Crippen molar-refractivity contribution in [2.75, 3.05) is 11.9 Å². The fourth-order valence-corrected chi connectivity index (χ4v) is 5.88. The van der Waals surface area contributed by atoms with E-state index < -0.39 is 38.5 Å². The van der Waals surface area contributed by atoms with Gasteiger partial charge in [0, 0.05) is 18.3 Å². The summed E-state index contributed by atoms with van der Waals surface area (Å²) in [5, 5.41) is 2.73. The monoisotopic (exact) mass is 470 g/mol. The first-order valence-electron chi connectivity index (χ1n) is 8.74. The van der Waals surface area contributed by atoms with Gasteiger partial charge in [0.2, 0.25) is 15.9 Å². The van der Waals surface area contributed by atoms with Crippen molar-refractivity contribution < 1.29 is 22.0 Å². The Kier molecular flexibility index (Phi) is 4.79. The zero-order valence-corrected chi connectivity index (χ0v) is 17.1. The van der Waals surface area contributed by atoms with Gasteiger partial charge in [-0.2, -0.15) is 4.31 Å². The highest BCUT2D eigenvalue weighted by atomic mass is 79.9. The Morgan fingerprint density at radius 2 is 1.82 bits per heavy atom. The van der Waals surface area contributed by atoms with Crippen molar-refractivity contribution in [2.24, 2.45) is 5.41 Å². The molecule has 1 aliphatic heterocycles. The minimum absolute atomic E-state index is 0.149. The molecule has 2 aromatic rings.